The lowest BCUT2D eigenvalue weighted by molar-refractivity contribution is 0.220. The van der Waals surface area contributed by atoms with Crippen molar-refractivity contribution in [2.75, 3.05) is 25.4 Å². The number of pyridine rings is 1. The monoisotopic (exact) mass is 207 g/mol. The predicted molar refractivity (Wildman–Crippen MR) is 59.1 cm³/mol. The maximum atomic E-state index is 9.04. The van der Waals surface area contributed by atoms with Gasteiger partial charge in [-0.1, -0.05) is 0 Å². The molecule has 1 aromatic heterocycles. The van der Waals surface area contributed by atoms with Crippen molar-refractivity contribution in [3.8, 4) is 0 Å². The summed E-state index contributed by atoms with van der Waals surface area (Å²) >= 11 is 0. The van der Waals surface area contributed by atoms with E-state index in [4.69, 9.17) is 10.8 Å². The minimum Gasteiger partial charge on any atom is -0.396 e. The largest absolute Gasteiger partial charge is 0.396 e. The summed E-state index contributed by atoms with van der Waals surface area (Å²) < 4.78 is 0. The Kier molecular flexibility index (Phi) is 3.18. The number of likely N-dealkylation sites (tertiary alicyclic amines) is 1. The van der Waals surface area contributed by atoms with Gasteiger partial charge in [-0.05, 0) is 36.6 Å². The summed E-state index contributed by atoms with van der Waals surface area (Å²) in [5, 5.41) is 9.04. The van der Waals surface area contributed by atoms with Crippen LogP contribution < -0.4 is 5.73 Å². The van der Waals surface area contributed by atoms with Gasteiger partial charge in [0, 0.05) is 25.9 Å². The van der Waals surface area contributed by atoms with Gasteiger partial charge in [0.1, 0.15) is 5.82 Å². The van der Waals surface area contributed by atoms with Gasteiger partial charge >= 0.3 is 0 Å². The maximum Gasteiger partial charge on any atom is 0.123 e. The van der Waals surface area contributed by atoms with Gasteiger partial charge in [-0.2, -0.15) is 0 Å². The fraction of sp³-hybridized carbons (Fsp3) is 0.545. The van der Waals surface area contributed by atoms with Crippen molar-refractivity contribution in [2.45, 2.75) is 13.0 Å². The molecule has 82 valence electrons. The number of aliphatic hydroxyl groups excluding tert-OH is 1. The highest BCUT2D eigenvalue weighted by atomic mass is 16.3. The van der Waals surface area contributed by atoms with Crippen molar-refractivity contribution in [3.05, 3.63) is 23.9 Å². The van der Waals surface area contributed by atoms with Crippen LogP contribution >= 0.6 is 0 Å². The van der Waals surface area contributed by atoms with E-state index in [-0.39, 0.29) is 0 Å². The summed E-state index contributed by atoms with van der Waals surface area (Å²) in [7, 11) is 0. The van der Waals surface area contributed by atoms with Crippen LogP contribution in [-0.4, -0.2) is 34.7 Å². The summed E-state index contributed by atoms with van der Waals surface area (Å²) in [5.41, 5.74) is 6.81. The highest BCUT2D eigenvalue weighted by Gasteiger charge is 2.21. The van der Waals surface area contributed by atoms with E-state index in [1.807, 2.05) is 12.1 Å². The molecular weight excluding hydrogens is 190 g/mol. The molecule has 0 aliphatic carbocycles. The van der Waals surface area contributed by atoms with Gasteiger partial charge in [0.05, 0.1) is 0 Å². The van der Waals surface area contributed by atoms with Crippen LogP contribution in [0.1, 0.15) is 12.0 Å². The average Bonchev–Trinajstić information content (AvgIpc) is 2.65. The molecule has 2 heterocycles. The molecule has 0 radical (unpaired) electrons. The quantitative estimate of drug-likeness (QED) is 0.756. The fourth-order valence-corrected chi connectivity index (χ4v) is 2.06. The molecule has 1 fully saturated rings. The SMILES string of the molecule is Nc1cc(CN2CCC(CO)C2)ccn1. The first-order chi connectivity index (χ1) is 7.28. The van der Waals surface area contributed by atoms with Crippen LogP contribution in [0, 0.1) is 5.92 Å². The van der Waals surface area contributed by atoms with Crippen molar-refractivity contribution < 1.29 is 5.11 Å². The number of nitrogens with two attached hydrogens (primary N) is 1. The molecule has 2 rings (SSSR count). The molecule has 0 aromatic carbocycles. The third-order valence-electron chi connectivity index (χ3n) is 2.88. The standard InChI is InChI=1S/C11H17N3O/c12-11-5-9(1-3-13-11)6-14-4-2-10(7-14)8-15/h1,3,5,10,15H,2,4,6-8H2,(H2,12,13). The zero-order chi connectivity index (χ0) is 10.7. The highest BCUT2D eigenvalue weighted by Crippen LogP contribution is 2.18. The zero-order valence-corrected chi connectivity index (χ0v) is 8.76. The van der Waals surface area contributed by atoms with Crippen molar-refractivity contribution in [2.24, 2.45) is 5.92 Å². The summed E-state index contributed by atoms with van der Waals surface area (Å²) in [6, 6.07) is 3.90. The van der Waals surface area contributed by atoms with Gasteiger partial charge in [-0.3, -0.25) is 4.90 Å². The van der Waals surface area contributed by atoms with Crippen LogP contribution in [0.25, 0.3) is 0 Å². The number of aromatic nitrogens is 1. The van der Waals surface area contributed by atoms with Gasteiger partial charge in [-0.15, -0.1) is 0 Å². The second-order valence-electron chi connectivity index (χ2n) is 4.16. The first kappa shape index (κ1) is 10.4. The van der Waals surface area contributed by atoms with Gasteiger partial charge in [0.15, 0.2) is 0 Å². The number of aliphatic hydroxyl groups is 1. The number of nitrogen functional groups attached to an aromatic ring is 1. The molecule has 1 aliphatic heterocycles. The lowest BCUT2D eigenvalue weighted by Gasteiger charge is -2.15. The molecule has 15 heavy (non-hydrogen) atoms. The Hall–Kier alpha value is -1.13. The minimum atomic E-state index is 0.301. The topological polar surface area (TPSA) is 62.4 Å². The Morgan fingerprint density at radius 2 is 2.47 bits per heavy atom. The second kappa shape index (κ2) is 4.59. The molecule has 1 atom stereocenters. The van der Waals surface area contributed by atoms with Crippen LogP contribution in [0.15, 0.2) is 18.3 Å². The maximum absolute atomic E-state index is 9.04. The number of hydrogen-bond acceptors (Lipinski definition) is 4. The van der Waals surface area contributed by atoms with Gasteiger partial charge in [0.25, 0.3) is 0 Å². The first-order valence-electron chi connectivity index (χ1n) is 5.31. The predicted octanol–water partition coefficient (Wildman–Crippen LogP) is 0.478. The minimum absolute atomic E-state index is 0.301. The summed E-state index contributed by atoms with van der Waals surface area (Å²) in [5.74, 6) is 1.02. The molecular formula is C11H17N3O. The van der Waals surface area contributed by atoms with E-state index < -0.39 is 0 Å². The molecule has 0 amide bonds. The molecule has 1 saturated heterocycles. The lowest BCUT2D eigenvalue weighted by Crippen LogP contribution is -2.21. The van der Waals surface area contributed by atoms with Crippen molar-refractivity contribution in [1.29, 1.82) is 0 Å². The van der Waals surface area contributed by atoms with E-state index in [1.54, 1.807) is 6.20 Å². The fourth-order valence-electron chi connectivity index (χ4n) is 2.06. The molecule has 3 N–H and O–H groups in total. The van der Waals surface area contributed by atoms with Gasteiger partial charge < -0.3 is 10.8 Å². The summed E-state index contributed by atoms with van der Waals surface area (Å²) in [6.07, 6.45) is 2.83. The highest BCUT2D eigenvalue weighted by molar-refractivity contribution is 5.31. The van der Waals surface area contributed by atoms with E-state index in [0.29, 0.717) is 18.3 Å². The van der Waals surface area contributed by atoms with Crippen molar-refractivity contribution >= 4 is 5.82 Å². The Bertz CT molecular complexity index is 329. The number of hydrogen-bond donors (Lipinski definition) is 2. The Labute approximate surface area is 89.7 Å². The van der Waals surface area contributed by atoms with E-state index in [2.05, 4.69) is 9.88 Å². The molecule has 4 heteroatoms. The first-order valence-corrected chi connectivity index (χ1v) is 5.31. The Morgan fingerprint density at radius 3 is 3.13 bits per heavy atom. The van der Waals surface area contributed by atoms with Crippen LogP contribution in [0.2, 0.25) is 0 Å². The summed E-state index contributed by atoms with van der Waals surface area (Å²) in [6.45, 7) is 3.25. The van der Waals surface area contributed by atoms with Crippen molar-refractivity contribution in [3.63, 3.8) is 0 Å². The molecule has 1 aliphatic rings. The average molecular weight is 207 g/mol. The van der Waals surface area contributed by atoms with Crippen LogP contribution in [0.5, 0.6) is 0 Å². The molecule has 0 saturated carbocycles. The normalized spacial score (nSPS) is 22.1. The van der Waals surface area contributed by atoms with Crippen LogP contribution in [0.3, 0.4) is 0 Å². The van der Waals surface area contributed by atoms with E-state index in [0.717, 1.165) is 26.1 Å². The molecule has 0 bridgehead atoms. The molecule has 0 spiro atoms. The van der Waals surface area contributed by atoms with E-state index in [9.17, 15) is 0 Å². The third kappa shape index (κ3) is 2.67. The number of nitrogens with zero attached hydrogens (tertiary/aromatic N) is 2. The number of anilines is 1. The third-order valence-corrected chi connectivity index (χ3v) is 2.88. The Morgan fingerprint density at radius 1 is 1.60 bits per heavy atom. The second-order valence-corrected chi connectivity index (χ2v) is 4.16. The van der Waals surface area contributed by atoms with Crippen molar-refractivity contribution in [1.82, 2.24) is 9.88 Å². The smallest absolute Gasteiger partial charge is 0.123 e. The van der Waals surface area contributed by atoms with Crippen LogP contribution in [-0.2, 0) is 6.54 Å². The molecule has 1 aromatic rings. The molecule has 4 nitrogen and oxygen atoms in total. The van der Waals surface area contributed by atoms with E-state index >= 15 is 0 Å². The van der Waals surface area contributed by atoms with Gasteiger partial charge in [0.2, 0.25) is 0 Å². The lowest BCUT2D eigenvalue weighted by atomic mass is 10.1. The number of rotatable bonds is 3. The zero-order valence-electron chi connectivity index (χ0n) is 8.76. The summed E-state index contributed by atoms with van der Waals surface area (Å²) in [4.78, 5) is 6.31. The van der Waals surface area contributed by atoms with Crippen LogP contribution in [0.4, 0.5) is 5.82 Å². The van der Waals surface area contributed by atoms with Gasteiger partial charge in [-0.25, -0.2) is 4.98 Å². The Balaban J connectivity index is 1.92. The molecule has 1 unspecified atom stereocenters. The van der Waals surface area contributed by atoms with E-state index in [1.165, 1.54) is 5.56 Å².